The van der Waals surface area contributed by atoms with E-state index in [2.05, 4.69) is 15.9 Å². The van der Waals surface area contributed by atoms with Crippen LogP contribution in [0, 0.1) is 11.3 Å². The van der Waals surface area contributed by atoms with Gasteiger partial charge in [0.1, 0.15) is 5.75 Å². The standard InChI is InChI=1S/C22H21BrN2O4/c1-16(22(27)25(14-6-13-24)19-7-4-3-5-8-19)29-21(26)12-9-17-15-18(23)10-11-20(17)28-2/h3-5,7-12,15-16H,6,14H2,1-2H3/b12-9+. The Labute approximate surface area is 178 Å². The molecule has 0 aromatic heterocycles. The first-order chi connectivity index (χ1) is 14.0. The van der Waals surface area contributed by atoms with Crippen molar-refractivity contribution in [2.24, 2.45) is 0 Å². The van der Waals surface area contributed by atoms with Gasteiger partial charge in [0, 0.05) is 28.3 Å². The van der Waals surface area contributed by atoms with Gasteiger partial charge in [-0.1, -0.05) is 34.1 Å². The highest BCUT2D eigenvalue weighted by Gasteiger charge is 2.24. The smallest absolute Gasteiger partial charge is 0.331 e. The number of benzene rings is 2. The van der Waals surface area contributed by atoms with E-state index in [9.17, 15) is 9.59 Å². The Bertz CT molecular complexity index is 922. The van der Waals surface area contributed by atoms with Crippen LogP contribution < -0.4 is 9.64 Å². The zero-order valence-corrected chi connectivity index (χ0v) is 17.8. The van der Waals surface area contributed by atoms with E-state index in [1.165, 1.54) is 17.9 Å². The van der Waals surface area contributed by atoms with Crippen LogP contribution in [0.3, 0.4) is 0 Å². The van der Waals surface area contributed by atoms with E-state index in [-0.39, 0.29) is 13.0 Å². The summed E-state index contributed by atoms with van der Waals surface area (Å²) in [7, 11) is 1.54. The number of carbonyl (C=O) groups is 2. The van der Waals surface area contributed by atoms with Crippen LogP contribution in [0.25, 0.3) is 6.08 Å². The average Bonchev–Trinajstić information content (AvgIpc) is 2.73. The molecule has 0 heterocycles. The van der Waals surface area contributed by atoms with Gasteiger partial charge in [-0.05, 0) is 43.3 Å². The molecule has 2 aromatic carbocycles. The number of rotatable bonds is 8. The van der Waals surface area contributed by atoms with Crippen LogP contribution in [0.1, 0.15) is 18.9 Å². The topological polar surface area (TPSA) is 79.6 Å². The lowest BCUT2D eigenvalue weighted by atomic mass is 10.2. The van der Waals surface area contributed by atoms with Gasteiger partial charge in [0.2, 0.25) is 0 Å². The van der Waals surface area contributed by atoms with E-state index in [1.807, 2.05) is 18.2 Å². The van der Waals surface area contributed by atoms with E-state index >= 15 is 0 Å². The molecule has 0 N–H and O–H groups in total. The summed E-state index contributed by atoms with van der Waals surface area (Å²) in [6.45, 7) is 1.72. The summed E-state index contributed by atoms with van der Waals surface area (Å²) in [5.41, 5.74) is 1.34. The molecule has 0 aliphatic rings. The lowest BCUT2D eigenvalue weighted by Crippen LogP contribution is -2.40. The molecule has 0 saturated heterocycles. The molecule has 2 rings (SSSR count). The van der Waals surface area contributed by atoms with E-state index < -0.39 is 18.0 Å². The average molecular weight is 457 g/mol. The molecule has 2 aromatic rings. The van der Waals surface area contributed by atoms with E-state index in [4.69, 9.17) is 14.7 Å². The fourth-order valence-electron chi connectivity index (χ4n) is 2.61. The molecule has 1 unspecified atom stereocenters. The maximum Gasteiger partial charge on any atom is 0.331 e. The Kier molecular flexibility index (Phi) is 8.44. The maximum absolute atomic E-state index is 12.8. The maximum atomic E-state index is 12.8. The molecule has 150 valence electrons. The number of hydrogen-bond acceptors (Lipinski definition) is 5. The van der Waals surface area contributed by atoms with Crippen LogP contribution >= 0.6 is 15.9 Å². The van der Waals surface area contributed by atoms with Crippen LogP contribution in [-0.4, -0.2) is 31.6 Å². The third kappa shape index (κ3) is 6.47. The van der Waals surface area contributed by atoms with Crippen molar-refractivity contribution in [3.05, 3.63) is 64.6 Å². The van der Waals surface area contributed by atoms with Crippen molar-refractivity contribution in [1.82, 2.24) is 0 Å². The van der Waals surface area contributed by atoms with Crippen molar-refractivity contribution in [2.45, 2.75) is 19.4 Å². The molecule has 0 aliphatic heterocycles. The summed E-state index contributed by atoms with van der Waals surface area (Å²) in [6.07, 6.45) is 1.98. The van der Waals surface area contributed by atoms with Gasteiger partial charge >= 0.3 is 5.97 Å². The fourth-order valence-corrected chi connectivity index (χ4v) is 2.99. The van der Waals surface area contributed by atoms with Crippen LogP contribution in [0.2, 0.25) is 0 Å². The first-order valence-corrected chi connectivity index (χ1v) is 9.71. The Balaban J connectivity index is 2.08. The van der Waals surface area contributed by atoms with Gasteiger partial charge in [-0.3, -0.25) is 4.79 Å². The van der Waals surface area contributed by atoms with E-state index in [0.717, 1.165) is 4.47 Å². The van der Waals surface area contributed by atoms with Crippen molar-refractivity contribution in [2.75, 3.05) is 18.6 Å². The number of nitrogens with zero attached hydrogens (tertiary/aromatic N) is 2. The zero-order chi connectivity index (χ0) is 21.2. The predicted molar refractivity (Wildman–Crippen MR) is 114 cm³/mol. The lowest BCUT2D eigenvalue weighted by molar-refractivity contribution is -0.149. The minimum absolute atomic E-state index is 0.171. The number of nitriles is 1. The highest BCUT2D eigenvalue weighted by molar-refractivity contribution is 9.10. The molecule has 0 saturated carbocycles. The van der Waals surface area contributed by atoms with Gasteiger partial charge < -0.3 is 14.4 Å². The van der Waals surface area contributed by atoms with Crippen LogP contribution in [-0.2, 0) is 14.3 Å². The quantitative estimate of drug-likeness (QED) is 0.435. The van der Waals surface area contributed by atoms with Gasteiger partial charge in [0.15, 0.2) is 6.10 Å². The summed E-state index contributed by atoms with van der Waals surface area (Å²) in [5, 5.41) is 8.87. The lowest BCUT2D eigenvalue weighted by Gasteiger charge is -2.24. The first kappa shape index (κ1) is 22.2. The normalized spacial score (nSPS) is 11.5. The molecular formula is C22H21BrN2O4. The predicted octanol–water partition coefficient (Wildman–Crippen LogP) is 4.35. The summed E-state index contributed by atoms with van der Waals surface area (Å²) in [6, 6.07) is 16.4. The third-order valence-corrected chi connectivity index (χ3v) is 4.51. The Morgan fingerprint density at radius 2 is 1.97 bits per heavy atom. The van der Waals surface area contributed by atoms with E-state index in [1.54, 1.807) is 49.6 Å². The van der Waals surface area contributed by atoms with Crippen molar-refractivity contribution in [1.29, 1.82) is 5.26 Å². The zero-order valence-electron chi connectivity index (χ0n) is 16.2. The molecule has 0 radical (unpaired) electrons. The minimum atomic E-state index is -1.00. The number of anilines is 1. The number of amides is 1. The fraction of sp³-hybridized carbons (Fsp3) is 0.227. The number of carbonyl (C=O) groups excluding carboxylic acids is 2. The van der Waals surface area contributed by atoms with Crippen LogP contribution in [0.4, 0.5) is 5.69 Å². The van der Waals surface area contributed by atoms with Gasteiger partial charge in [0.25, 0.3) is 5.91 Å². The third-order valence-electron chi connectivity index (χ3n) is 4.01. The Hall–Kier alpha value is -3.11. The van der Waals surface area contributed by atoms with Crippen molar-refractivity contribution in [3.63, 3.8) is 0 Å². The molecule has 0 bridgehead atoms. The molecule has 6 nitrogen and oxygen atoms in total. The van der Waals surface area contributed by atoms with Gasteiger partial charge in [0.05, 0.1) is 19.6 Å². The number of ether oxygens (including phenoxy) is 2. The second-order valence-electron chi connectivity index (χ2n) is 6.03. The SMILES string of the molecule is COc1ccc(Br)cc1/C=C/C(=O)OC(C)C(=O)N(CCC#N)c1ccccc1. The largest absolute Gasteiger partial charge is 0.496 e. The van der Waals surface area contributed by atoms with Gasteiger partial charge in [-0.25, -0.2) is 4.79 Å². The number of halogens is 1. The Morgan fingerprint density at radius 1 is 1.24 bits per heavy atom. The highest BCUT2D eigenvalue weighted by atomic mass is 79.9. The van der Waals surface area contributed by atoms with E-state index in [0.29, 0.717) is 17.0 Å². The van der Waals surface area contributed by atoms with Crippen molar-refractivity contribution < 1.29 is 19.1 Å². The minimum Gasteiger partial charge on any atom is -0.496 e. The molecule has 0 aliphatic carbocycles. The monoisotopic (exact) mass is 456 g/mol. The molecule has 29 heavy (non-hydrogen) atoms. The second-order valence-corrected chi connectivity index (χ2v) is 6.95. The number of hydrogen-bond donors (Lipinski definition) is 0. The van der Waals surface area contributed by atoms with Crippen molar-refractivity contribution >= 4 is 39.6 Å². The summed E-state index contributed by atoms with van der Waals surface area (Å²) >= 11 is 3.37. The molecule has 7 heteroatoms. The molecular weight excluding hydrogens is 436 g/mol. The summed E-state index contributed by atoms with van der Waals surface area (Å²) < 4.78 is 11.4. The van der Waals surface area contributed by atoms with Gasteiger partial charge in [-0.15, -0.1) is 0 Å². The number of para-hydroxylation sites is 1. The molecule has 1 atom stereocenters. The number of methoxy groups -OCH3 is 1. The molecule has 0 fully saturated rings. The highest BCUT2D eigenvalue weighted by Crippen LogP contribution is 2.24. The van der Waals surface area contributed by atoms with Crippen molar-refractivity contribution in [3.8, 4) is 11.8 Å². The van der Waals surface area contributed by atoms with Crippen LogP contribution in [0.5, 0.6) is 5.75 Å². The first-order valence-electron chi connectivity index (χ1n) is 8.92. The second kappa shape index (κ2) is 11.0. The Morgan fingerprint density at radius 3 is 2.62 bits per heavy atom. The van der Waals surface area contributed by atoms with Gasteiger partial charge in [-0.2, -0.15) is 5.26 Å². The molecule has 1 amide bonds. The summed E-state index contributed by atoms with van der Waals surface area (Å²) in [4.78, 5) is 26.4. The summed E-state index contributed by atoms with van der Waals surface area (Å²) in [5.74, 6) is -0.442. The van der Waals surface area contributed by atoms with Crippen LogP contribution in [0.15, 0.2) is 59.1 Å². The number of esters is 1. The molecule has 0 spiro atoms.